The van der Waals surface area contributed by atoms with Gasteiger partial charge < -0.3 is 15.3 Å². The molecule has 0 bridgehead atoms. The fraction of sp³-hybridized carbons (Fsp3) is 0.500. The van der Waals surface area contributed by atoms with Crippen LogP contribution in [0.15, 0.2) is 18.2 Å². The maximum absolute atomic E-state index is 13.2. The number of carboxylic acids is 1. The number of rotatable bonds is 5. The lowest BCUT2D eigenvalue weighted by Gasteiger charge is -2.36. The lowest BCUT2D eigenvalue weighted by atomic mass is 9.96. The van der Waals surface area contributed by atoms with E-state index in [1.54, 1.807) is 0 Å². The van der Waals surface area contributed by atoms with Gasteiger partial charge in [-0.3, -0.25) is 14.4 Å². The van der Waals surface area contributed by atoms with Crippen LogP contribution in [-0.2, 0) is 15.8 Å². The summed E-state index contributed by atoms with van der Waals surface area (Å²) in [6, 6.07) is 2.41. The van der Waals surface area contributed by atoms with E-state index in [0.717, 1.165) is 25.5 Å². The minimum absolute atomic E-state index is 0.111. The van der Waals surface area contributed by atoms with E-state index in [2.05, 4.69) is 5.32 Å². The van der Waals surface area contributed by atoms with Crippen LogP contribution >= 0.6 is 0 Å². The molecule has 9 heteroatoms. The summed E-state index contributed by atoms with van der Waals surface area (Å²) in [5.41, 5.74) is -1.33. The van der Waals surface area contributed by atoms with E-state index >= 15 is 0 Å². The molecule has 0 aliphatic carbocycles. The Morgan fingerprint density at radius 1 is 1.22 bits per heavy atom. The molecule has 1 aromatic carbocycles. The van der Waals surface area contributed by atoms with Crippen LogP contribution in [0.25, 0.3) is 0 Å². The molecule has 1 heterocycles. The van der Waals surface area contributed by atoms with Crippen LogP contribution in [0.2, 0.25) is 0 Å². The molecule has 0 spiro atoms. The maximum atomic E-state index is 13.2. The largest absolute Gasteiger partial charge is 0.481 e. The maximum Gasteiger partial charge on any atom is 0.416 e. The minimum Gasteiger partial charge on any atom is -0.481 e. The van der Waals surface area contributed by atoms with Gasteiger partial charge in [-0.15, -0.1) is 0 Å². The molecule has 1 aromatic rings. The van der Waals surface area contributed by atoms with Crippen LogP contribution in [0.4, 0.5) is 18.9 Å². The standard InChI is InChI=1S/C18H21F3N2O4/c1-11(24)22-14-9-12(8-13(10-14)18(19,20)21)17(27)23-7-3-2-4-15(23)5-6-16(25)26/h8-10,15H,2-7H2,1H3,(H,22,24)(H,25,26). The number of hydrogen-bond donors (Lipinski definition) is 2. The Balaban J connectivity index is 2.34. The zero-order valence-electron chi connectivity index (χ0n) is 14.8. The van der Waals surface area contributed by atoms with Gasteiger partial charge in [-0.1, -0.05) is 0 Å². The van der Waals surface area contributed by atoms with Gasteiger partial charge in [0.2, 0.25) is 5.91 Å². The lowest BCUT2D eigenvalue weighted by molar-refractivity contribution is -0.138. The molecule has 148 valence electrons. The van der Waals surface area contributed by atoms with Gasteiger partial charge in [0.1, 0.15) is 0 Å². The second kappa shape index (κ2) is 8.41. The zero-order valence-corrected chi connectivity index (χ0v) is 14.8. The third-order valence-corrected chi connectivity index (χ3v) is 4.41. The van der Waals surface area contributed by atoms with E-state index in [0.29, 0.717) is 19.4 Å². The van der Waals surface area contributed by atoms with Crippen LogP contribution in [0.3, 0.4) is 0 Å². The van der Waals surface area contributed by atoms with Gasteiger partial charge in [-0.05, 0) is 43.9 Å². The summed E-state index contributed by atoms with van der Waals surface area (Å²) in [5, 5.41) is 11.1. The molecular formula is C18H21F3N2O4. The summed E-state index contributed by atoms with van der Waals surface area (Å²) in [5.74, 6) is -2.13. The topological polar surface area (TPSA) is 86.7 Å². The zero-order chi connectivity index (χ0) is 20.2. The molecule has 1 saturated heterocycles. The van der Waals surface area contributed by atoms with Gasteiger partial charge in [0.15, 0.2) is 0 Å². The van der Waals surface area contributed by atoms with Crippen LogP contribution in [0, 0.1) is 0 Å². The van der Waals surface area contributed by atoms with Crippen LogP contribution in [0.1, 0.15) is 54.9 Å². The summed E-state index contributed by atoms with van der Waals surface area (Å²) >= 11 is 0. The van der Waals surface area contributed by atoms with Crippen molar-refractivity contribution < 1.29 is 32.7 Å². The highest BCUT2D eigenvalue weighted by atomic mass is 19.4. The highest BCUT2D eigenvalue weighted by Crippen LogP contribution is 2.33. The van der Waals surface area contributed by atoms with Crippen molar-refractivity contribution in [2.45, 2.75) is 51.2 Å². The molecule has 1 atom stereocenters. The SMILES string of the molecule is CC(=O)Nc1cc(C(=O)N2CCCCC2CCC(=O)O)cc(C(F)(F)F)c1. The number of aliphatic carboxylic acids is 1. The Morgan fingerprint density at radius 2 is 1.93 bits per heavy atom. The molecule has 6 nitrogen and oxygen atoms in total. The summed E-state index contributed by atoms with van der Waals surface area (Å²) in [6.45, 7) is 1.52. The van der Waals surface area contributed by atoms with E-state index in [1.165, 1.54) is 11.0 Å². The third-order valence-electron chi connectivity index (χ3n) is 4.41. The number of carbonyl (C=O) groups excluding carboxylic acids is 2. The highest BCUT2D eigenvalue weighted by Gasteiger charge is 2.34. The Bertz CT molecular complexity index is 734. The van der Waals surface area contributed by atoms with E-state index < -0.39 is 29.5 Å². The first-order valence-corrected chi connectivity index (χ1v) is 8.60. The number of piperidine rings is 1. The van der Waals surface area contributed by atoms with Crippen molar-refractivity contribution in [1.29, 1.82) is 0 Å². The predicted molar refractivity (Wildman–Crippen MR) is 91.3 cm³/mol. The first-order chi connectivity index (χ1) is 12.6. The molecule has 2 rings (SSSR count). The second-order valence-corrected chi connectivity index (χ2v) is 6.56. The number of hydrogen-bond acceptors (Lipinski definition) is 3. The number of alkyl halides is 3. The third kappa shape index (κ3) is 5.70. The van der Waals surface area contributed by atoms with Gasteiger partial charge in [0, 0.05) is 37.2 Å². The average Bonchev–Trinajstić information content (AvgIpc) is 2.58. The average molecular weight is 386 g/mol. The summed E-state index contributed by atoms with van der Waals surface area (Å²) < 4.78 is 39.5. The van der Waals surface area contributed by atoms with E-state index in [-0.39, 0.29) is 30.1 Å². The minimum atomic E-state index is -4.67. The van der Waals surface area contributed by atoms with Crippen molar-refractivity contribution in [3.8, 4) is 0 Å². The molecule has 2 N–H and O–H groups in total. The van der Waals surface area contributed by atoms with Crippen LogP contribution in [-0.4, -0.2) is 40.4 Å². The molecule has 0 aromatic heterocycles. The Morgan fingerprint density at radius 3 is 2.52 bits per heavy atom. The molecule has 2 amide bonds. The van der Waals surface area contributed by atoms with E-state index in [9.17, 15) is 27.6 Å². The Hall–Kier alpha value is -2.58. The fourth-order valence-electron chi connectivity index (χ4n) is 3.21. The normalized spacial score (nSPS) is 17.5. The summed E-state index contributed by atoms with van der Waals surface area (Å²) in [7, 11) is 0. The molecule has 0 radical (unpaired) electrons. The first-order valence-electron chi connectivity index (χ1n) is 8.60. The van der Waals surface area contributed by atoms with Crippen molar-refractivity contribution in [2.75, 3.05) is 11.9 Å². The van der Waals surface area contributed by atoms with Crippen molar-refractivity contribution in [1.82, 2.24) is 4.90 Å². The fourth-order valence-corrected chi connectivity index (χ4v) is 3.21. The summed E-state index contributed by atoms with van der Waals surface area (Å²) in [6.07, 6.45) is -2.40. The highest BCUT2D eigenvalue weighted by molar-refractivity contribution is 5.97. The number of amides is 2. The number of halogens is 3. The van der Waals surface area contributed by atoms with Crippen LogP contribution in [0.5, 0.6) is 0 Å². The van der Waals surface area contributed by atoms with Crippen molar-refractivity contribution >= 4 is 23.5 Å². The van der Waals surface area contributed by atoms with Gasteiger partial charge in [0.05, 0.1) is 5.56 Å². The first kappa shape index (κ1) is 20.7. The van der Waals surface area contributed by atoms with Gasteiger partial charge >= 0.3 is 12.1 Å². The number of carboxylic acid groups (broad SMARTS) is 1. The van der Waals surface area contributed by atoms with Crippen molar-refractivity contribution in [3.63, 3.8) is 0 Å². The second-order valence-electron chi connectivity index (χ2n) is 6.56. The molecule has 1 aliphatic heterocycles. The smallest absolute Gasteiger partial charge is 0.416 e. The number of nitrogens with one attached hydrogen (secondary N) is 1. The molecule has 0 saturated carbocycles. The van der Waals surface area contributed by atoms with E-state index in [4.69, 9.17) is 5.11 Å². The Labute approximate surface area is 154 Å². The molecule has 1 aliphatic rings. The summed E-state index contributed by atoms with van der Waals surface area (Å²) in [4.78, 5) is 36.4. The van der Waals surface area contributed by atoms with Crippen LogP contribution < -0.4 is 5.32 Å². The molecular weight excluding hydrogens is 365 g/mol. The molecule has 1 unspecified atom stereocenters. The Kier molecular flexibility index (Phi) is 6.45. The number of benzene rings is 1. The van der Waals surface area contributed by atoms with Gasteiger partial charge in [-0.2, -0.15) is 13.2 Å². The quantitative estimate of drug-likeness (QED) is 0.811. The predicted octanol–water partition coefficient (Wildman–Crippen LogP) is 3.52. The lowest BCUT2D eigenvalue weighted by Crippen LogP contribution is -2.44. The monoisotopic (exact) mass is 386 g/mol. The van der Waals surface area contributed by atoms with Gasteiger partial charge in [0.25, 0.3) is 5.91 Å². The van der Waals surface area contributed by atoms with Gasteiger partial charge in [-0.25, -0.2) is 0 Å². The number of nitrogens with zero attached hydrogens (tertiary/aromatic N) is 1. The number of carbonyl (C=O) groups is 3. The molecule has 1 fully saturated rings. The number of likely N-dealkylation sites (tertiary alicyclic amines) is 1. The van der Waals surface area contributed by atoms with Crippen molar-refractivity contribution in [2.24, 2.45) is 0 Å². The van der Waals surface area contributed by atoms with E-state index in [1.807, 2.05) is 0 Å². The van der Waals surface area contributed by atoms with Crippen molar-refractivity contribution in [3.05, 3.63) is 29.3 Å². The molecule has 27 heavy (non-hydrogen) atoms. The number of anilines is 1.